The zero-order chi connectivity index (χ0) is 13.9. The summed E-state index contributed by atoms with van der Waals surface area (Å²) in [5.74, 6) is 0. The number of nitrogens with zero attached hydrogens (tertiary/aromatic N) is 2. The second kappa shape index (κ2) is 5.49. The third-order valence-electron chi connectivity index (χ3n) is 3.06. The van der Waals surface area contributed by atoms with Gasteiger partial charge in [0.25, 0.3) is 0 Å². The predicted octanol–water partition coefficient (Wildman–Crippen LogP) is 3.23. The first-order chi connectivity index (χ1) is 8.31. The first-order valence-electron chi connectivity index (χ1n) is 6.46. The minimum atomic E-state index is -0.101. The van der Waals surface area contributed by atoms with Gasteiger partial charge in [-0.15, -0.1) is 0 Å². The topological polar surface area (TPSA) is 48.7 Å². The smallest absolute Gasteiger partial charge is 0.101 e. The lowest BCUT2D eigenvalue weighted by Gasteiger charge is -2.23. The molecule has 1 aromatic rings. The molecular formula is C15H23N3. The highest BCUT2D eigenvalue weighted by Crippen LogP contribution is 2.27. The van der Waals surface area contributed by atoms with Crippen molar-refractivity contribution in [3.8, 4) is 6.07 Å². The highest BCUT2D eigenvalue weighted by atomic mass is 14.9. The second-order valence-corrected chi connectivity index (χ2v) is 5.70. The molecule has 0 saturated carbocycles. The summed E-state index contributed by atoms with van der Waals surface area (Å²) in [4.78, 5) is 4.66. The van der Waals surface area contributed by atoms with E-state index in [1.807, 2.05) is 13.0 Å². The van der Waals surface area contributed by atoms with Gasteiger partial charge in [-0.2, -0.15) is 5.26 Å². The molecule has 0 amide bonds. The number of hydrogen-bond acceptors (Lipinski definition) is 3. The van der Waals surface area contributed by atoms with E-state index in [9.17, 15) is 5.26 Å². The van der Waals surface area contributed by atoms with E-state index in [2.05, 4.69) is 51.0 Å². The first-order valence-corrected chi connectivity index (χ1v) is 6.46. The Kier molecular flexibility index (Phi) is 4.48. The molecule has 3 nitrogen and oxygen atoms in total. The molecule has 1 aromatic heterocycles. The molecule has 1 unspecified atom stereocenters. The van der Waals surface area contributed by atoms with Crippen molar-refractivity contribution in [2.45, 2.75) is 53.0 Å². The monoisotopic (exact) mass is 245 g/mol. The van der Waals surface area contributed by atoms with Gasteiger partial charge in [0.1, 0.15) is 6.07 Å². The maximum Gasteiger partial charge on any atom is 0.101 e. The van der Waals surface area contributed by atoms with Gasteiger partial charge in [-0.25, -0.2) is 0 Å². The molecule has 0 spiro atoms. The number of nitrogens with one attached hydrogen (secondary N) is 1. The van der Waals surface area contributed by atoms with Crippen molar-refractivity contribution in [3.63, 3.8) is 0 Å². The summed E-state index contributed by atoms with van der Waals surface area (Å²) < 4.78 is 0. The number of aryl methyl sites for hydroxylation is 1. The van der Waals surface area contributed by atoms with Crippen LogP contribution in [0.25, 0.3) is 0 Å². The van der Waals surface area contributed by atoms with Gasteiger partial charge in [0.2, 0.25) is 0 Å². The van der Waals surface area contributed by atoms with Gasteiger partial charge in [0.15, 0.2) is 0 Å². The summed E-state index contributed by atoms with van der Waals surface area (Å²) in [6.45, 7) is 13.4. The molecule has 1 heterocycles. The van der Waals surface area contributed by atoms with E-state index in [1.165, 1.54) is 0 Å². The van der Waals surface area contributed by atoms with Gasteiger partial charge < -0.3 is 5.32 Å². The molecule has 0 aliphatic heterocycles. The fraction of sp³-hybridized carbons (Fsp3) is 0.600. The van der Waals surface area contributed by atoms with Gasteiger partial charge in [0.05, 0.1) is 11.3 Å². The molecule has 18 heavy (non-hydrogen) atoms. The molecule has 0 bridgehead atoms. The van der Waals surface area contributed by atoms with Crippen LogP contribution in [0.2, 0.25) is 0 Å². The maximum absolute atomic E-state index is 9.30. The summed E-state index contributed by atoms with van der Waals surface area (Å²) in [7, 11) is 0. The molecule has 98 valence electrons. The van der Waals surface area contributed by atoms with Crippen molar-refractivity contribution in [1.82, 2.24) is 10.3 Å². The quantitative estimate of drug-likeness (QED) is 0.889. The Morgan fingerprint density at radius 2 is 2.06 bits per heavy atom. The molecule has 0 aliphatic carbocycles. The molecule has 0 aliphatic rings. The van der Waals surface area contributed by atoms with E-state index in [0.717, 1.165) is 23.5 Å². The molecule has 1 N–H and O–H groups in total. The summed E-state index contributed by atoms with van der Waals surface area (Å²) in [6, 6.07) is 4.48. The van der Waals surface area contributed by atoms with E-state index < -0.39 is 0 Å². The zero-order valence-electron chi connectivity index (χ0n) is 12.3. The number of pyridine rings is 1. The largest absolute Gasteiger partial charge is 0.310 e. The lowest BCUT2D eigenvalue weighted by atomic mass is 9.87. The van der Waals surface area contributed by atoms with Crippen LogP contribution in [0.1, 0.15) is 63.2 Å². The van der Waals surface area contributed by atoms with E-state index in [0.29, 0.717) is 5.56 Å². The SMILES string of the molecule is CCNC(C)c1cc(C#N)c(C(C)(C)C)nc1C. The van der Waals surface area contributed by atoms with E-state index in [1.54, 1.807) is 0 Å². The average molecular weight is 245 g/mol. The second-order valence-electron chi connectivity index (χ2n) is 5.70. The van der Waals surface area contributed by atoms with Gasteiger partial charge >= 0.3 is 0 Å². The Labute approximate surface area is 110 Å². The molecule has 1 atom stereocenters. The summed E-state index contributed by atoms with van der Waals surface area (Å²) in [5, 5.41) is 12.7. The molecule has 1 rings (SSSR count). The van der Waals surface area contributed by atoms with Crippen molar-refractivity contribution in [1.29, 1.82) is 5.26 Å². The lowest BCUT2D eigenvalue weighted by molar-refractivity contribution is 0.555. The number of nitriles is 1. The fourth-order valence-electron chi connectivity index (χ4n) is 2.13. The van der Waals surface area contributed by atoms with Crippen LogP contribution in [-0.4, -0.2) is 11.5 Å². The van der Waals surface area contributed by atoms with Crippen molar-refractivity contribution in [3.05, 3.63) is 28.6 Å². The van der Waals surface area contributed by atoms with Crippen LogP contribution < -0.4 is 5.32 Å². The highest BCUT2D eigenvalue weighted by Gasteiger charge is 2.22. The van der Waals surface area contributed by atoms with Crippen LogP contribution in [0.5, 0.6) is 0 Å². The van der Waals surface area contributed by atoms with Crippen LogP contribution in [-0.2, 0) is 5.41 Å². The van der Waals surface area contributed by atoms with Crippen LogP contribution in [0.3, 0.4) is 0 Å². The van der Waals surface area contributed by atoms with Crippen molar-refractivity contribution < 1.29 is 0 Å². The third-order valence-corrected chi connectivity index (χ3v) is 3.06. The number of aromatic nitrogens is 1. The molecule has 0 aromatic carbocycles. The molecule has 0 saturated heterocycles. The van der Waals surface area contributed by atoms with E-state index in [-0.39, 0.29) is 11.5 Å². The van der Waals surface area contributed by atoms with E-state index in [4.69, 9.17) is 0 Å². The Hall–Kier alpha value is -1.40. The Balaban J connectivity index is 3.32. The summed E-state index contributed by atoms with van der Waals surface area (Å²) >= 11 is 0. The Morgan fingerprint density at radius 1 is 1.44 bits per heavy atom. The van der Waals surface area contributed by atoms with Crippen LogP contribution >= 0.6 is 0 Å². The summed E-state index contributed by atoms with van der Waals surface area (Å²) in [6.07, 6.45) is 0. The molecular weight excluding hydrogens is 222 g/mol. The van der Waals surface area contributed by atoms with Crippen molar-refractivity contribution in [2.75, 3.05) is 6.54 Å². The zero-order valence-corrected chi connectivity index (χ0v) is 12.3. The van der Waals surface area contributed by atoms with Gasteiger partial charge in [-0.3, -0.25) is 4.98 Å². The predicted molar refractivity (Wildman–Crippen MR) is 74.5 cm³/mol. The van der Waals surface area contributed by atoms with E-state index >= 15 is 0 Å². The molecule has 0 fully saturated rings. The third kappa shape index (κ3) is 3.08. The lowest BCUT2D eigenvalue weighted by Crippen LogP contribution is -2.22. The van der Waals surface area contributed by atoms with Crippen molar-refractivity contribution in [2.24, 2.45) is 0 Å². The minimum absolute atomic E-state index is 0.101. The summed E-state index contributed by atoms with van der Waals surface area (Å²) in [5.41, 5.74) is 3.59. The fourth-order valence-corrected chi connectivity index (χ4v) is 2.13. The minimum Gasteiger partial charge on any atom is -0.310 e. The van der Waals surface area contributed by atoms with Gasteiger partial charge in [0, 0.05) is 17.2 Å². The van der Waals surface area contributed by atoms with Crippen LogP contribution in [0.4, 0.5) is 0 Å². The van der Waals surface area contributed by atoms with Gasteiger partial charge in [-0.05, 0) is 32.0 Å². The normalized spacial score (nSPS) is 13.2. The Bertz CT molecular complexity index is 464. The maximum atomic E-state index is 9.30. The standard InChI is InChI=1S/C15H23N3/c1-7-17-10(2)13-8-12(9-16)14(15(4,5)6)18-11(13)3/h8,10,17H,7H2,1-6H3. The number of rotatable bonds is 3. The Morgan fingerprint density at radius 3 is 2.50 bits per heavy atom. The average Bonchev–Trinajstić information content (AvgIpc) is 2.27. The van der Waals surface area contributed by atoms with Crippen molar-refractivity contribution >= 4 is 0 Å². The first kappa shape index (κ1) is 14.7. The van der Waals surface area contributed by atoms with Crippen LogP contribution in [0, 0.1) is 18.3 Å². The number of hydrogen-bond donors (Lipinski definition) is 1. The molecule has 3 heteroatoms. The van der Waals surface area contributed by atoms with Crippen LogP contribution in [0.15, 0.2) is 6.07 Å². The van der Waals surface area contributed by atoms with Gasteiger partial charge in [-0.1, -0.05) is 27.7 Å². The highest BCUT2D eigenvalue weighted by molar-refractivity contribution is 5.42. The molecule has 0 radical (unpaired) electrons.